The molecule has 36 heavy (non-hydrogen) atoms. The summed E-state index contributed by atoms with van der Waals surface area (Å²) < 4.78 is 60.2. The summed E-state index contributed by atoms with van der Waals surface area (Å²) in [6.07, 6.45) is -3.01. The van der Waals surface area contributed by atoms with Gasteiger partial charge in [0.25, 0.3) is 5.91 Å². The zero-order valence-electron chi connectivity index (χ0n) is 19.1. The van der Waals surface area contributed by atoms with Crippen LogP contribution in [0.5, 0.6) is 5.75 Å². The number of halogens is 5. The van der Waals surface area contributed by atoms with Crippen molar-refractivity contribution in [3.05, 3.63) is 93.8 Å². The number of hydrogen-bond donors (Lipinski definition) is 1. The molecular weight excluding hydrogens is 502 g/mol. The fourth-order valence-corrected chi connectivity index (χ4v) is 3.71. The van der Waals surface area contributed by atoms with E-state index in [1.165, 1.54) is 41.2 Å². The molecule has 7 nitrogen and oxygen atoms in total. The first-order valence-corrected chi connectivity index (χ1v) is 11.0. The molecule has 0 unspecified atom stereocenters. The Bertz CT molecular complexity index is 1410. The second-order valence-corrected chi connectivity index (χ2v) is 8.34. The van der Waals surface area contributed by atoms with E-state index in [4.69, 9.17) is 16.3 Å². The molecule has 0 fully saturated rings. The quantitative estimate of drug-likeness (QED) is 0.310. The van der Waals surface area contributed by atoms with Gasteiger partial charge in [-0.2, -0.15) is 23.4 Å². The van der Waals surface area contributed by atoms with Crippen LogP contribution in [0.25, 0.3) is 0 Å². The van der Waals surface area contributed by atoms with E-state index < -0.39 is 23.5 Å². The molecule has 1 N–H and O–H groups in total. The predicted molar refractivity (Wildman–Crippen MR) is 124 cm³/mol. The molecule has 0 radical (unpaired) electrons. The lowest BCUT2D eigenvalue weighted by molar-refractivity contribution is -0.137. The zero-order chi connectivity index (χ0) is 26.0. The first-order chi connectivity index (χ1) is 17.0. The Morgan fingerprint density at radius 1 is 1.11 bits per heavy atom. The van der Waals surface area contributed by atoms with Crippen molar-refractivity contribution in [1.29, 1.82) is 0 Å². The molecule has 12 heteroatoms. The maximum Gasteiger partial charge on any atom is 0.416 e. The molecule has 2 heterocycles. The SMILES string of the molecule is Cc1nn(Cc2ccc(F)cc2Cl)c(C)c1NC(=O)c1ccn(COc2cccc(C(F)(F)F)c2)n1. The van der Waals surface area contributed by atoms with E-state index in [1.807, 2.05) is 0 Å². The van der Waals surface area contributed by atoms with Crippen LogP contribution in [0.4, 0.5) is 23.2 Å². The minimum Gasteiger partial charge on any atom is -0.471 e. The van der Waals surface area contributed by atoms with Crippen molar-refractivity contribution in [3.63, 3.8) is 0 Å². The Balaban J connectivity index is 1.42. The minimum absolute atomic E-state index is 0.0197. The lowest BCUT2D eigenvalue weighted by Crippen LogP contribution is -2.15. The van der Waals surface area contributed by atoms with E-state index in [9.17, 15) is 22.4 Å². The third-order valence-electron chi connectivity index (χ3n) is 5.35. The molecule has 0 saturated heterocycles. The molecule has 0 atom stereocenters. The third-order valence-corrected chi connectivity index (χ3v) is 5.71. The first kappa shape index (κ1) is 25.2. The Morgan fingerprint density at radius 3 is 2.61 bits per heavy atom. The molecule has 0 aliphatic rings. The van der Waals surface area contributed by atoms with Crippen molar-refractivity contribution in [2.24, 2.45) is 0 Å². The van der Waals surface area contributed by atoms with Gasteiger partial charge in [-0.25, -0.2) is 9.07 Å². The minimum atomic E-state index is -4.48. The van der Waals surface area contributed by atoms with Gasteiger partial charge in [-0.15, -0.1) is 0 Å². The highest BCUT2D eigenvalue weighted by Gasteiger charge is 2.30. The number of rotatable bonds is 7. The number of aryl methyl sites for hydroxylation is 1. The Kier molecular flexibility index (Phi) is 7.02. The number of alkyl halides is 3. The molecule has 4 aromatic rings. The molecule has 0 aliphatic heterocycles. The normalized spacial score (nSPS) is 11.5. The summed E-state index contributed by atoms with van der Waals surface area (Å²) in [6.45, 7) is 3.59. The number of nitrogens with zero attached hydrogens (tertiary/aromatic N) is 4. The molecular formula is C24H20ClF4N5O2. The van der Waals surface area contributed by atoms with Crippen LogP contribution < -0.4 is 10.1 Å². The maximum atomic E-state index is 13.3. The molecule has 0 aliphatic carbocycles. The summed E-state index contributed by atoms with van der Waals surface area (Å²) in [7, 11) is 0. The van der Waals surface area contributed by atoms with Gasteiger partial charge in [-0.1, -0.05) is 23.7 Å². The van der Waals surface area contributed by atoms with E-state index >= 15 is 0 Å². The number of amides is 1. The van der Waals surface area contributed by atoms with E-state index in [0.29, 0.717) is 22.6 Å². The lowest BCUT2D eigenvalue weighted by Gasteiger charge is -2.10. The van der Waals surface area contributed by atoms with Gasteiger partial charge in [0.2, 0.25) is 0 Å². The largest absolute Gasteiger partial charge is 0.471 e. The number of nitrogens with one attached hydrogen (secondary N) is 1. The van der Waals surface area contributed by atoms with Gasteiger partial charge in [0.1, 0.15) is 11.6 Å². The van der Waals surface area contributed by atoms with E-state index in [2.05, 4.69) is 15.5 Å². The van der Waals surface area contributed by atoms with Gasteiger partial charge < -0.3 is 10.1 Å². The fraction of sp³-hybridized carbons (Fsp3) is 0.208. The van der Waals surface area contributed by atoms with Gasteiger partial charge in [-0.05, 0) is 55.8 Å². The molecule has 1 amide bonds. The van der Waals surface area contributed by atoms with Gasteiger partial charge in [-0.3, -0.25) is 9.48 Å². The number of aromatic nitrogens is 4. The third kappa shape index (κ3) is 5.68. The highest BCUT2D eigenvalue weighted by molar-refractivity contribution is 6.31. The van der Waals surface area contributed by atoms with E-state index in [0.717, 1.165) is 12.1 Å². The number of carbonyl (C=O) groups is 1. The molecule has 188 valence electrons. The van der Waals surface area contributed by atoms with Crippen molar-refractivity contribution in [1.82, 2.24) is 19.6 Å². The molecule has 0 spiro atoms. The van der Waals surface area contributed by atoms with E-state index in [-0.39, 0.29) is 29.7 Å². The average molecular weight is 522 g/mol. The van der Waals surface area contributed by atoms with Crippen LogP contribution in [0.2, 0.25) is 5.02 Å². The standard InChI is InChI=1S/C24H20ClF4N5O2/c1-14-22(15(2)34(31-14)12-16-6-7-18(26)11-20(16)25)30-23(35)21-8-9-33(32-21)13-36-19-5-3-4-17(10-19)24(27,28)29/h3-11H,12-13H2,1-2H3,(H,30,35). The molecule has 2 aromatic carbocycles. The first-order valence-electron chi connectivity index (χ1n) is 10.6. The number of ether oxygens (including phenoxy) is 1. The fourth-order valence-electron chi connectivity index (χ4n) is 3.48. The second-order valence-electron chi connectivity index (χ2n) is 7.93. The zero-order valence-corrected chi connectivity index (χ0v) is 19.9. The van der Waals surface area contributed by atoms with Crippen LogP contribution in [0.1, 0.15) is 33.0 Å². The molecule has 0 saturated carbocycles. The average Bonchev–Trinajstić information content (AvgIpc) is 3.40. The molecule has 2 aromatic heterocycles. The number of carbonyl (C=O) groups excluding carboxylic acids is 1. The van der Waals surface area contributed by atoms with Crippen LogP contribution >= 0.6 is 11.6 Å². The monoisotopic (exact) mass is 521 g/mol. The highest BCUT2D eigenvalue weighted by Crippen LogP contribution is 2.31. The summed E-state index contributed by atoms with van der Waals surface area (Å²) in [4.78, 5) is 12.8. The van der Waals surface area contributed by atoms with Crippen LogP contribution in [-0.4, -0.2) is 25.5 Å². The topological polar surface area (TPSA) is 74.0 Å². The number of anilines is 1. The van der Waals surface area contributed by atoms with Crippen LogP contribution in [0, 0.1) is 19.7 Å². The Hall–Kier alpha value is -3.86. The molecule has 0 bridgehead atoms. The van der Waals surface area contributed by atoms with Crippen molar-refractivity contribution in [2.45, 2.75) is 33.3 Å². The Labute approximate surface area is 208 Å². The Morgan fingerprint density at radius 2 is 1.89 bits per heavy atom. The predicted octanol–water partition coefficient (Wildman–Crippen LogP) is 5.84. The molecule has 4 rings (SSSR count). The highest BCUT2D eigenvalue weighted by atomic mass is 35.5. The van der Waals surface area contributed by atoms with Crippen molar-refractivity contribution in [3.8, 4) is 5.75 Å². The van der Waals surface area contributed by atoms with Crippen LogP contribution in [0.15, 0.2) is 54.7 Å². The summed E-state index contributed by atoms with van der Waals surface area (Å²) in [5.74, 6) is -0.922. The summed E-state index contributed by atoms with van der Waals surface area (Å²) in [5, 5.41) is 11.6. The lowest BCUT2D eigenvalue weighted by atomic mass is 10.2. The summed E-state index contributed by atoms with van der Waals surface area (Å²) in [6, 6.07) is 10.0. The number of benzene rings is 2. The summed E-state index contributed by atoms with van der Waals surface area (Å²) in [5.41, 5.74) is 1.64. The van der Waals surface area contributed by atoms with Gasteiger partial charge >= 0.3 is 6.18 Å². The van der Waals surface area contributed by atoms with Gasteiger partial charge in [0, 0.05) is 11.2 Å². The second kappa shape index (κ2) is 10.0. The van der Waals surface area contributed by atoms with Crippen LogP contribution in [-0.2, 0) is 19.5 Å². The van der Waals surface area contributed by atoms with Crippen LogP contribution in [0.3, 0.4) is 0 Å². The smallest absolute Gasteiger partial charge is 0.416 e. The van der Waals surface area contributed by atoms with Gasteiger partial charge in [0.15, 0.2) is 12.4 Å². The number of hydrogen-bond acceptors (Lipinski definition) is 4. The van der Waals surface area contributed by atoms with Gasteiger partial charge in [0.05, 0.1) is 29.2 Å². The van der Waals surface area contributed by atoms with Crippen molar-refractivity contribution >= 4 is 23.2 Å². The maximum absolute atomic E-state index is 13.3. The summed E-state index contributed by atoms with van der Waals surface area (Å²) >= 11 is 6.12. The van der Waals surface area contributed by atoms with Crippen molar-refractivity contribution in [2.75, 3.05) is 5.32 Å². The van der Waals surface area contributed by atoms with Crippen molar-refractivity contribution < 1.29 is 27.1 Å². The van der Waals surface area contributed by atoms with E-state index in [1.54, 1.807) is 24.6 Å².